The molecule has 3 aromatic rings. The fraction of sp³-hybridized carbons (Fsp3) is 0.406. The van der Waals surface area contributed by atoms with E-state index in [2.05, 4.69) is 18.7 Å². The molecule has 0 saturated carbocycles. The van der Waals surface area contributed by atoms with E-state index >= 15 is 0 Å². The predicted octanol–water partition coefficient (Wildman–Crippen LogP) is 8.04. The molecule has 3 N–H and O–H groups in total. The van der Waals surface area contributed by atoms with Crippen molar-refractivity contribution in [3.63, 3.8) is 0 Å². The lowest BCUT2D eigenvalue weighted by Gasteiger charge is -2.52. The van der Waals surface area contributed by atoms with Crippen molar-refractivity contribution in [3.8, 4) is 11.5 Å². The number of rotatable bonds is 13. The predicted molar refractivity (Wildman–Crippen MR) is 172 cm³/mol. The number of hydrogen-bond acceptors (Lipinski definition) is 8. The summed E-state index contributed by atoms with van der Waals surface area (Å²) in [5.74, 6) is 0.720. The Bertz CT molecular complexity index is 1340. The van der Waals surface area contributed by atoms with Crippen molar-refractivity contribution in [1.82, 2.24) is 4.31 Å². The number of para-hydroxylation sites is 1. The highest BCUT2D eigenvalue weighted by Gasteiger charge is 2.48. The van der Waals surface area contributed by atoms with Crippen LogP contribution in [-0.4, -0.2) is 56.5 Å². The first-order valence-electron chi connectivity index (χ1n) is 14.2. The van der Waals surface area contributed by atoms with Gasteiger partial charge in [-0.1, -0.05) is 57.0 Å². The normalized spacial score (nSPS) is 19.0. The van der Waals surface area contributed by atoms with Gasteiger partial charge in [0.25, 0.3) is 0 Å². The summed E-state index contributed by atoms with van der Waals surface area (Å²) < 4.78 is 37.9. The Morgan fingerprint density at radius 1 is 1.02 bits per heavy atom. The van der Waals surface area contributed by atoms with Gasteiger partial charge in [0, 0.05) is 36.2 Å². The highest BCUT2D eigenvalue weighted by Crippen LogP contribution is 2.63. The SMILES string of the molecule is CCCCC1(CC)CN(c2ccccc2)c2cc(OC)c(CSCC(=O)O)cc2S(O)(O)N1Cc1ccc(OC)cc1. The Balaban J connectivity index is 1.94. The molecule has 0 amide bonds. The zero-order valence-electron chi connectivity index (χ0n) is 24.8. The highest BCUT2D eigenvalue weighted by atomic mass is 32.3. The van der Waals surface area contributed by atoms with Crippen LogP contribution < -0.4 is 14.4 Å². The lowest BCUT2D eigenvalue weighted by Crippen LogP contribution is -2.53. The number of aliphatic carboxylic acids is 1. The zero-order valence-corrected chi connectivity index (χ0v) is 26.4. The van der Waals surface area contributed by atoms with Crippen LogP contribution in [0.4, 0.5) is 11.4 Å². The van der Waals surface area contributed by atoms with Crippen molar-refractivity contribution in [2.24, 2.45) is 0 Å². The van der Waals surface area contributed by atoms with Gasteiger partial charge in [0.2, 0.25) is 0 Å². The fourth-order valence-electron chi connectivity index (χ4n) is 5.59. The molecule has 0 saturated heterocycles. The maximum Gasteiger partial charge on any atom is 0.313 e. The number of carboxylic acids is 1. The van der Waals surface area contributed by atoms with E-state index < -0.39 is 22.3 Å². The largest absolute Gasteiger partial charge is 0.497 e. The summed E-state index contributed by atoms with van der Waals surface area (Å²) in [6.07, 6.45) is 3.40. The highest BCUT2D eigenvalue weighted by molar-refractivity contribution is 8.22. The molecule has 0 fully saturated rings. The summed E-state index contributed by atoms with van der Waals surface area (Å²) in [5, 5.41) is 9.21. The molecule has 8 nitrogen and oxygen atoms in total. The summed E-state index contributed by atoms with van der Waals surface area (Å²) in [5.41, 5.74) is 2.72. The van der Waals surface area contributed by atoms with E-state index in [1.54, 1.807) is 20.3 Å². The number of anilines is 2. The van der Waals surface area contributed by atoms with E-state index in [0.29, 0.717) is 41.6 Å². The second kappa shape index (κ2) is 14.1. The van der Waals surface area contributed by atoms with Crippen LogP contribution in [-0.2, 0) is 17.1 Å². The quantitative estimate of drug-likeness (QED) is 0.176. The molecule has 1 aliphatic rings. The summed E-state index contributed by atoms with van der Waals surface area (Å²) in [6, 6.07) is 21.4. The van der Waals surface area contributed by atoms with Crippen LogP contribution in [0.3, 0.4) is 0 Å². The molecule has 1 unspecified atom stereocenters. The van der Waals surface area contributed by atoms with E-state index in [1.165, 1.54) is 11.8 Å². The molecule has 3 aromatic carbocycles. The lowest BCUT2D eigenvalue weighted by atomic mass is 9.88. The van der Waals surface area contributed by atoms with Gasteiger partial charge in [-0.05, 0) is 48.7 Å². The molecule has 0 bridgehead atoms. The van der Waals surface area contributed by atoms with Crippen LogP contribution in [0.15, 0.2) is 71.6 Å². The third-order valence-electron chi connectivity index (χ3n) is 7.93. The van der Waals surface area contributed by atoms with Crippen molar-refractivity contribution in [2.45, 2.75) is 62.3 Å². The minimum Gasteiger partial charge on any atom is -0.497 e. The number of thioether (sulfide) groups is 1. The van der Waals surface area contributed by atoms with Crippen LogP contribution in [0.5, 0.6) is 11.5 Å². The average molecular weight is 615 g/mol. The molecule has 1 heterocycles. The maximum absolute atomic E-state index is 12.4. The molecule has 42 heavy (non-hydrogen) atoms. The molecule has 0 aromatic heterocycles. The smallest absolute Gasteiger partial charge is 0.313 e. The lowest BCUT2D eigenvalue weighted by molar-refractivity contribution is -0.133. The second-order valence-electron chi connectivity index (χ2n) is 10.5. The molecule has 0 aliphatic carbocycles. The van der Waals surface area contributed by atoms with Gasteiger partial charge in [-0.15, -0.1) is 22.5 Å². The summed E-state index contributed by atoms with van der Waals surface area (Å²) >= 11 is 1.25. The topological polar surface area (TPSA) is 103 Å². The molecule has 0 radical (unpaired) electrons. The Kier molecular flexibility index (Phi) is 10.7. The van der Waals surface area contributed by atoms with Gasteiger partial charge in [0.05, 0.1) is 36.1 Å². The molecule has 4 rings (SSSR count). The Hall–Kier alpha value is -2.89. The number of methoxy groups -OCH3 is 2. The van der Waals surface area contributed by atoms with Crippen molar-refractivity contribution in [2.75, 3.05) is 31.4 Å². The molecule has 10 heteroatoms. The van der Waals surface area contributed by atoms with E-state index in [4.69, 9.17) is 9.47 Å². The zero-order chi connectivity index (χ0) is 30.3. The maximum atomic E-state index is 12.4. The minimum atomic E-state index is -3.53. The van der Waals surface area contributed by atoms with Crippen LogP contribution >= 0.6 is 22.5 Å². The van der Waals surface area contributed by atoms with Gasteiger partial charge in [-0.3, -0.25) is 13.9 Å². The van der Waals surface area contributed by atoms with E-state index in [-0.39, 0.29) is 5.75 Å². The number of fused-ring (bicyclic) bond motifs is 1. The van der Waals surface area contributed by atoms with Gasteiger partial charge in [-0.2, -0.15) is 4.31 Å². The van der Waals surface area contributed by atoms with Gasteiger partial charge >= 0.3 is 5.97 Å². The van der Waals surface area contributed by atoms with Gasteiger partial charge in [0.15, 0.2) is 0 Å². The van der Waals surface area contributed by atoms with E-state index in [1.807, 2.05) is 65.0 Å². The molecule has 228 valence electrons. The van der Waals surface area contributed by atoms with E-state index in [0.717, 1.165) is 41.8 Å². The second-order valence-corrected chi connectivity index (χ2v) is 13.4. The van der Waals surface area contributed by atoms with Gasteiger partial charge in [-0.25, -0.2) is 0 Å². The number of ether oxygens (including phenoxy) is 2. The van der Waals surface area contributed by atoms with Gasteiger partial charge < -0.3 is 19.5 Å². The third kappa shape index (κ3) is 6.84. The molecule has 1 aliphatic heterocycles. The Labute approximate surface area is 255 Å². The van der Waals surface area contributed by atoms with Crippen molar-refractivity contribution in [3.05, 3.63) is 77.9 Å². The number of benzene rings is 3. The molecular weight excluding hydrogens is 572 g/mol. The third-order valence-corrected chi connectivity index (χ3v) is 10.9. The number of carboxylic acid groups (broad SMARTS) is 1. The summed E-state index contributed by atoms with van der Waals surface area (Å²) in [7, 11) is -0.320. The van der Waals surface area contributed by atoms with Crippen molar-refractivity contribution >= 4 is 39.9 Å². The minimum absolute atomic E-state index is 0.0633. The number of nitrogens with zero attached hydrogens (tertiary/aromatic N) is 2. The number of unbranched alkanes of at least 4 members (excludes halogenated alkanes) is 1. The summed E-state index contributed by atoms with van der Waals surface area (Å²) in [6.45, 7) is 5.16. The monoisotopic (exact) mass is 614 g/mol. The summed E-state index contributed by atoms with van der Waals surface area (Å²) in [4.78, 5) is 13.8. The number of carbonyl (C=O) groups is 1. The molecule has 0 spiro atoms. The number of hydrogen-bond donors (Lipinski definition) is 3. The standard InChI is InChI=1S/C32H42N2O6S2/c1-5-7-17-32(6-2)23-33(26-11-9-8-10-12-26)28-19-29(40-4)25(21-41-22-31(35)36)18-30(28)42(37,38)34(32)20-24-13-15-27(39-3)16-14-24/h8-16,18-19,37-38H,5-7,17,20-23H2,1-4H3,(H,35,36). The molecular formula is C32H42N2O6S2. The van der Waals surface area contributed by atoms with Crippen molar-refractivity contribution < 1.29 is 28.5 Å². The molecule has 1 atom stereocenters. The van der Waals surface area contributed by atoms with Crippen LogP contribution in [0.25, 0.3) is 0 Å². The van der Waals surface area contributed by atoms with Crippen molar-refractivity contribution in [1.29, 1.82) is 0 Å². The Morgan fingerprint density at radius 3 is 2.33 bits per heavy atom. The first-order valence-corrected chi connectivity index (χ1v) is 16.9. The van der Waals surface area contributed by atoms with Crippen LogP contribution in [0, 0.1) is 0 Å². The van der Waals surface area contributed by atoms with Gasteiger partial charge in [0.1, 0.15) is 11.5 Å². The van der Waals surface area contributed by atoms with Crippen LogP contribution in [0.1, 0.15) is 50.7 Å². The van der Waals surface area contributed by atoms with E-state index in [9.17, 15) is 19.0 Å². The fourth-order valence-corrected chi connectivity index (χ4v) is 8.44. The first-order chi connectivity index (χ1) is 20.2. The average Bonchev–Trinajstić information content (AvgIpc) is 3.07. The van der Waals surface area contributed by atoms with Crippen LogP contribution in [0.2, 0.25) is 0 Å². The Morgan fingerprint density at radius 2 is 1.74 bits per heavy atom. The first kappa shape index (κ1) is 32.0.